The van der Waals surface area contributed by atoms with Gasteiger partial charge in [0.25, 0.3) is 0 Å². The highest BCUT2D eigenvalue weighted by atomic mass is 16.5. The van der Waals surface area contributed by atoms with Crippen LogP contribution in [0.1, 0.15) is 29.5 Å². The van der Waals surface area contributed by atoms with E-state index < -0.39 is 0 Å². The summed E-state index contributed by atoms with van der Waals surface area (Å²) in [4.78, 5) is 12.4. The Balaban J connectivity index is 1.61. The normalized spacial score (nSPS) is 20.6. The quantitative estimate of drug-likeness (QED) is 0.862. The number of aliphatic hydroxyl groups is 1. The molecule has 4 heteroatoms. The Bertz CT molecular complexity index is 654. The average molecular weight is 311 g/mol. The van der Waals surface area contributed by atoms with Gasteiger partial charge in [-0.1, -0.05) is 42.5 Å². The van der Waals surface area contributed by atoms with Gasteiger partial charge in [0.15, 0.2) is 0 Å². The molecule has 1 fully saturated rings. The van der Waals surface area contributed by atoms with E-state index in [0.29, 0.717) is 0 Å². The lowest BCUT2D eigenvalue weighted by atomic mass is 10.1. The molecule has 2 N–H and O–H groups in total. The van der Waals surface area contributed by atoms with E-state index in [1.807, 2.05) is 54.6 Å². The number of amides is 1. The number of hydrogen-bond donors (Lipinski definition) is 2. The fraction of sp³-hybridized carbons (Fsp3) is 0.316. The van der Waals surface area contributed by atoms with Gasteiger partial charge >= 0.3 is 0 Å². The van der Waals surface area contributed by atoms with Crippen molar-refractivity contribution in [2.24, 2.45) is 5.92 Å². The molecule has 1 aliphatic rings. The van der Waals surface area contributed by atoms with Crippen molar-refractivity contribution in [3.05, 3.63) is 65.7 Å². The highest BCUT2D eigenvalue weighted by Gasteiger charge is 2.44. The number of methoxy groups -OCH3 is 1. The monoisotopic (exact) mass is 311 g/mol. The zero-order valence-corrected chi connectivity index (χ0v) is 13.1. The number of benzene rings is 2. The van der Waals surface area contributed by atoms with Crippen LogP contribution in [0, 0.1) is 5.92 Å². The van der Waals surface area contributed by atoms with Crippen molar-refractivity contribution >= 4 is 5.91 Å². The van der Waals surface area contributed by atoms with E-state index in [9.17, 15) is 9.90 Å². The van der Waals surface area contributed by atoms with Crippen LogP contribution < -0.4 is 10.1 Å². The van der Waals surface area contributed by atoms with Crippen LogP contribution in [-0.4, -0.2) is 24.7 Å². The maximum Gasteiger partial charge on any atom is 0.224 e. The van der Waals surface area contributed by atoms with Crippen molar-refractivity contribution in [3.8, 4) is 5.75 Å². The third-order valence-electron chi connectivity index (χ3n) is 4.37. The van der Waals surface area contributed by atoms with Crippen LogP contribution in [0.3, 0.4) is 0 Å². The summed E-state index contributed by atoms with van der Waals surface area (Å²) < 4.78 is 5.15. The molecule has 4 nitrogen and oxygen atoms in total. The summed E-state index contributed by atoms with van der Waals surface area (Å²) in [5.41, 5.74) is 2.08. The highest BCUT2D eigenvalue weighted by molar-refractivity contribution is 5.83. The summed E-state index contributed by atoms with van der Waals surface area (Å²) in [5, 5.41) is 12.5. The second-order valence-corrected chi connectivity index (χ2v) is 5.88. The largest absolute Gasteiger partial charge is 0.497 e. The number of rotatable bonds is 6. The second-order valence-electron chi connectivity index (χ2n) is 5.88. The zero-order valence-electron chi connectivity index (χ0n) is 13.1. The Morgan fingerprint density at radius 2 is 1.91 bits per heavy atom. The highest BCUT2D eigenvalue weighted by Crippen LogP contribution is 2.48. The van der Waals surface area contributed by atoms with Crippen molar-refractivity contribution in [2.75, 3.05) is 13.7 Å². The van der Waals surface area contributed by atoms with Gasteiger partial charge in [-0.2, -0.15) is 0 Å². The van der Waals surface area contributed by atoms with E-state index in [2.05, 4.69) is 5.32 Å². The third kappa shape index (κ3) is 3.54. The average Bonchev–Trinajstić information content (AvgIpc) is 3.41. The number of ether oxygens (including phenoxy) is 1. The molecule has 1 amide bonds. The molecule has 0 radical (unpaired) electrons. The lowest BCUT2D eigenvalue weighted by Crippen LogP contribution is -2.32. The van der Waals surface area contributed by atoms with Gasteiger partial charge in [-0.05, 0) is 35.6 Å². The van der Waals surface area contributed by atoms with Crippen LogP contribution in [0.4, 0.5) is 0 Å². The van der Waals surface area contributed by atoms with Gasteiger partial charge in [-0.25, -0.2) is 0 Å². The summed E-state index contributed by atoms with van der Waals surface area (Å²) in [7, 11) is 1.64. The van der Waals surface area contributed by atoms with E-state index in [1.54, 1.807) is 7.11 Å². The van der Waals surface area contributed by atoms with Crippen molar-refractivity contribution in [3.63, 3.8) is 0 Å². The molecule has 2 aromatic rings. The minimum Gasteiger partial charge on any atom is -0.497 e. The van der Waals surface area contributed by atoms with E-state index >= 15 is 0 Å². The predicted molar refractivity (Wildman–Crippen MR) is 88.3 cm³/mol. The number of nitrogens with one attached hydrogen (secondary N) is 1. The topological polar surface area (TPSA) is 58.6 Å². The van der Waals surface area contributed by atoms with Crippen molar-refractivity contribution in [1.29, 1.82) is 0 Å². The van der Waals surface area contributed by atoms with Gasteiger partial charge in [-0.3, -0.25) is 4.79 Å². The molecule has 0 bridgehead atoms. The van der Waals surface area contributed by atoms with E-state index in [1.165, 1.54) is 0 Å². The first-order valence-electron chi connectivity index (χ1n) is 7.83. The number of carbonyl (C=O) groups is 1. The van der Waals surface area contributed by atoms with E-state index in [-0.39, 0.29) is 30.4 Å². The van der Waals surface area contributed by atoms with Crippen LogP contribution in [0.5, 0.6) is 5.75 Å². The Kier molecular flexibility index (Phi) is 4.63. The van der Waals surface area contributed by atoms with Gasteiger partial charge in [0, 0.05) is 5.92 Å². The number of carbonyl (C=O) groups excluding carboxylic acids is 1. The second kappa shape index (κ2) is 6.84. The first-order valence-corrected chi connectivity index (χ1v) is 7.83. The summed E-state index contributed by atoms with van der Waals surface area (Å²) >= 11 is 0. The summed E-state index contributed by atoms with van der Waals surface area (Å²) in [6.07, 6.45) is 0.852. The number of aliphatic hydroxyl groups excluding tert-OH is 1. The predicted octanol–water partition coefficient (Wildman–Crippen LogP) is 2.65. The van der Waals surface area contributed by atoms with Gasteiger partial charge in [0.05, 0.1) is 19.8 Å². The van der Waals surface area contributed by atoms with Crippen molar-refractivity contribution in [1.82, 2.24) is 5.32 Å². The Hall–Kier alpha value is -2.33. The Morgan fingerprint density at radius 1 is 1.22 bits per heavy atom. The molecule has 3 atom stereocenters. The molecule has 1 unspecified atom stereocenters. The smallest absolute Gasteiger partial charge is 0.224 e. The molecule has 1 aliphatic carbocycles. The van der Waals surface area contributed by atoms with Gasteiger partial charge in [0.2, 0.25) is 5.91 Å². The lowest BCUT2D eigenvalue weighted by molar-refractivity contribution is -0.123. The Morgan fingerprint density at radius 3 is 2.52 bits per heavy atom. The fourth-order valence-corrected chi connectivity index (χ4v) is 2.90. The molecule has 0 spiro atoms. The Labute approximate surface area is 136 Å². The van der Waals surface area contributed by atoms with Gasteiger partial charge in [-0.15, -0.1) is 0 Å². The van der Waals surface area contributed by atoms with Crippen molar-refractivity contribution < 1.29 is 14.6 Å². The minimum atomic E-state index is -0.346. The van der Waals surface area contributed by atoms with Crippen LogP contribution in [0.15, 0.2) is 54.6 Å². The zero-order chi connectivity index (χ0) is 16.2. The molecule has 0 aromatic heterocycles. The summed E-state index contributed by atoms with van der Waals surface area (Å²) in [6, 6.07) is 17.1. The molecule has 1 saturated carbocycles. The maximum absolute atomic E-state index is 12.4. The van der Waals surface area contributed by atoms with Gasteiger partial charge in [0.1, 0.15) is 5.75 Å². The van der Waals surface area contributed by atoms with Crippen LogP contribution >= 0.6 is 0 Å². The molecule has 0 saturated heterocycles. The van der Waals surface area contributed by atoms with E-state index in [0.717, 1.165) is 23.3 Å². The molecule has 3 rings (SSSR count). The minimum absolute atomic E-state index is 0.00808. The van der Waals surface area contributed by atoms with E-state index in [4.69, 9.17) is 4.74 Å². The van der Waals surface area contributed by atoms with Crippen molar-refractivity contribution in [2.45, 2.75) is 18.4 Å². The molecule has 0 aliphatic heterocycles. The van der Waals surface area contributed by atoms with Crippen LogP contribution in [0.25, 0.3) is 0 Å². The lowest BCUT2D eigenvalue weighted by Gasteiger charge is -2.16. The van der Waals surface area contributed by atoms with Crippen LogP contribution in [-0.2, 0) is 4.79 Å². The van der Waals surface area contributed by atoms with Gasteiger partial charge < -0.3 is 15.2 Å². The standard InChI is InChI=1S/C19H21NO3/c1-23-15-9-7-13(8-10-15)16-11-17(16)19(22)20-18(12-21)14-5-3-2-4-6-14/h2-10,16-18,21H,11-12H2,1H3,(H,20,22)/t16?,17-,18+/m1/s1. The summed E-state index contributed by atoms with van der Waals surface area (Å²) in [6.45, 7) is -0.102. The number of hydrogen-bond acceptors (Lipinski definition) is 3. The first-order chi connectivity index (χ1) is 11.2. The summed E-state index contributed by atoms with van der Waals surface area (Å²) in [5.74, 6) is 1.07. The molecule has 0 heterocycles. The first kappa shape index (κ1) is 15.6. The third-order valence-corrected chi connectivity index (χ3v) is 4.37. The molecular formula is C19H21NO3. The maximum atomic E-state index is 12.4. The van der Waals surface area contributed by atoms with Crippen LogP contribution in [0.2, 0.25) is 0 Å². The SMILES string of the molecule is COc1ccc(C2C[C@H]2C(=O)N[C@@H](CO)c2ccccc2)cc1. The fourth-order valence-electron chi connectivity index (χ4n) is 2.90. The molecular weight excluding hydrogens is 290 g/mol. The molecule has 23 heavy (non-hydrogen) atoms. The molecule has 120 valence electrons. The molecule has 2 aromatic carbocycles.